The molecule has 0 rings (SSSR count). The van der Waals surface area contributed by atoms with Crippen LogP contribution in [0.15, 0.2) is 0 Å². The van der Waals surface area contributed by atoms with Crippen molar-refractivity contribution in [1.82, 2.24) is 0 Å². The molecule has 2 unspecified atom stereocenters. The topological polar surface area (TPSA) is 237 Å². The summed E-state index contributed by atoms with van der Waals surface area (Å²) in [6, 6.07) is 0. The number of hydrogen-bond acceptors (Lipinski definition) is 15. The zero-order valence-corrected chi connectivity index (χ0v) is 67.8. The fraction of sp³-hybridized carbons (Fsp3) is 0.951. The molecule has 0 aromatic heterocycles. The lowest BCUT2D eigenvalue weighted by molar-refractivity contribution is -0.161. The molecule has 0 spiro atoms. The number of aliphatic hydroxyl groups is 1. The fourth-order valence-corrected chi connectivity index (χ4v) is 14.3. The van der Waals surface area contributed by atoms with Gasteiger partial charge < -0.3 is 33.8 Å². The fourth-order valence-electron chi connectivity index (χ4n) is 12.8. The molecule has 5 atom stereocenters. The molecule has 0 heterocycles. The van der Waals surface area contributed by atoms with E-state index in [1.54, 1.807) is 0 Å². The Hall–Kier alpha value is -1.94. The molecule has 0 aromatic carbocycles. The second-order valence-electron chi connectivity index (χ2n) is 30.0. The lowest BCUT2D eigenvalue weighted by Gasteiger charge is -2.21. The van der Waals surface area contributed by atoms with Crippen LogP contribution in [-0.4, -0.2) is 96.7 Å². The summed E-state index contributed by atoms with van der Waals surface area (Å²) >= 11 is 0. The van der Waals surface area contributed by atoms with Gasteiger partial charge in [0.2, 0.25) is 0 Å². The van der Waals surface area contributed by atoms with Crippen LogP contribution in [-0.2, 0) is 65.4 Å². The first kappa shape index (κ1) is 99.1. The highest BCUT2D eigenvalue weighted by molar-refractivity contribution is 7.47. The Morgan fingerprint density at radius 1 is 0.267 bits per heavy atom. The lowest BCUT2D eigenvalue weighted by Crippen LogP contribution is -2.30. The van der Waals surface area contributed by atoms with Crippen LogP contribution >= 0.6 is 15.6 Å². The third-order valence-electron chi connectivity index (χ3n) is 19.3. The average molecular weight is 1480 g/mol. The minimum absolute atomic E-state index is 0.108. The van der Waals surface area contributed by atoms with Gasteiger partial charge in [-0.15, -0.1) is 0 Å². The minimum atomic E-state index is -4.96. The lowest BCUT2D eigenvalue weighted by atomic mass is 10.0. The van der Waals surface area contributed by atoms with E-state index in [0.29, 0.717) is 25.7 Å². The Kier molecular flexibility index (Phi) is 73.5. The standard InChI is InChI=1S/C82H160O17P2/c1-6-9-12-15-18-21-23-25-26-27-28-32-35-38-42-46-51-56-61-66-80(85)93-72-78(99-82(87)68-63-58-53-48-43-39-36-33-30-29-31-34-37-40-45-49-54-59-64-75(4)5)74-97-101(90,91)95-70-76(83)69-94-100(88,89)96-73-77(71-92-79(84)65-60-55-50-44-20-17-14-11-8-3)98-81(86)67-62-57-52-47-41-24-22-19-16-13-10-7-2/h75-78,83H,6-74H2,1-5H3,(H,88,89)(H,90,91)/t76-,77+,78+/m0/s1. The molecule has 3 N–H and O–H groups in total. The third kappa shape index (κ3) is 76.1. The molecule has 0 aliphatic rings. The second kappa shape index (κ2) is 74.9. The van der Waals surface area contributed by atoms with Crippen molar-refractivity contribution in [2.75, 3.05) is 39.6 Å². The number of ether oxygens (including phenoxy) is 4. The number of phosphoric acid groups is 2. The molecule has 19 heteroatoms. The largest absolute Gasteiger partial charge is 0.472 e. The van der Waals surface area contributed by atoms with Crippen molar-refractivity contribution in [2.24, 2.45) is 5.92 Å². The van der Waals surface area contributed by atoms with Crippen LogP contribution in [0, 0.1) is 5.92 Å². The molecule has 0 saturated heterocycles. The maximum absolute atomic E-state index is 13.1. The van der Waals surface area contributed by atoms with Crippen LogP contribution in [0.25, 0.3) is 0 Å². The molecule has 101 heavy (non-hydrogen) atoms. The maximum atomic E-state index is 13.1. The molecule has 0 aliphatic heterocycles. The molecule has 0 bridgehead atoms. The molecule has 600 valence electrons. The predicted molar refractivity (Wildman–Crippen MR) is 414 cm³/mol. The number of phosphoric ester groups is 2. The number of carbonyl (C=O) groups is 4. The van der Waals surface area contributed by atoms with E-state index < -0.39 is 97.5 Å². The predicted octanol–water partition coefficient (Wildman–Crippen LogP) is 24.8. The van der Waals surface area contributed by atoms with Crippen LogP contribution in [0.5, 0.6) is 0 Å². The van der Waals surface area contributed by atoms with Gasteiger partial charge in [-0.25, -0.2) is 9.13 Å². The SMILES string of the molecule is CCCCCCCCCCCCCCCCCCCCCC(=O)OC[C@H](COP(=O)(O)OC[C@@H](O)COP(=O)(O)OC[C@@H](COC(=O)CCCCCCCCCCC)OC(=O)CCCCCCCCCCCCCC)OC(=O)CCCCCCCCCCCCCCCCCCCCC(C)C. The Balaban J connectivity index is 5.19. The molecule has 0 aliphatic carbocycles. The normalized spacial score (nSPS) is 13.8. The minimum Gasteiger partial charge on any atom is -0.462 e. The van der Waals surface area contributed by atoms with E-state index >= 15 is 0 Å². The molecular weight excluding hydrogens is 1320 g/mol. The molecular formula is C82H160O17P2. The van der Waals surface area contributed by atoms with Crippen molar-refractivity contribution in [3.8, 4) is 0 Å². The molecule has 0 saturated carbocycles. The first-order valence-corrected chi connectivity index (χ1v) is 45.6. The Bertz CT molecular complexity index is 1930. The number of aliphatic hydroxyl groups excluding tert-OH is 1. The number of rotatable bonds is 82. The monoisotopic (exact) mass is 1480 g/mol. The summed E-state index contributed by atoms with van der Waals surface area (Å²) in [7, 11) is -9.92. The number of esters is 4. The molecule has 0 amide bonds. The van der Waals surface area contributed by atoms with Crippen molar-refractivity contribution in [2.45, 2.75) is 457 Å². The molecule has 0 fully saturated rings. The van der Waals surface area contributed by atoms with E-state index in [-0.39, 0.29) is 25.7 Å². The zero-order chi connectivity index (χ0) is 74.1. The molecule has 0 radical (unpaired) electrons. The quantitative estimate of drug-likeness (QED) is 0.0222. The van der Waals surface area contributed by atoms with Gasteiger partial charge in [0.25, 0.3) is 0 Å². The van der Waals surface area contributed by atoms with Gasteiger partial charge in [0, 0.05) is 25.7 Å². The van der Waals surface area contributed by atoms with Gasteiger partial charge in [-0.1, -0.05) is 388 Å². The first-order valence-electron chi connectivity index (χ1n) is 42.6. The van der Waals surface area contributed by atoms with E-state index in [2.05, 4.69) is 34.6 Å². The van der Waals surface area contributed by atoms with E-state index in [9.17, 15) is 43.2 Å². The average Bonchev–Trinajstić information content (AvgIpc) is 0.949. The van der Waals surface area contributed by atoms with Crippen LogP contribution < -0.4 is 0 Å². The summed E-state index contributed by atoms with van der Waals surface area (Å²) in [4.78, 5) is 73.0. The van der Waals surface area contributed by atoms with E-state index in [0.717, 1.165) is 95.8 Å². The van der Waals surface area contributed by atoms with Crippen molar-refractivity contribution >= 4 is 39.5 Å². The van der Waals surface area contributed by atoms with E-state index in [1.165, 1.54) is 263 Å². The van der Waals surface area contributed by atoms with Gasteiger partial charge in [-0.3, -0.25) is 37.3 Å². The third-order valence-corrected chi connectivity index (χ3v) is 21.2. The van der Waals surface area contributed by atoms with Gasteiger partial charge in [0.15, 0.2) is 12.2 Å². The van der Waals surface area contributed by atoms with Crippen LogP contribution in [0.4, 0.5) is 0 Å². The number of carbonyl (C=O) groups excluding carboxylic acids is 4. The Labute approximate surface area is 619 Å². The first-order chi connectivity index (χ1) is 49.0. The van der Waals surface area contributed by atoms with Gasteiger partial charge in [0.05, 0.1) is 26.4 Å². The smallest absolute Gasteiger partial charge is 0.462 e. The highest BCUT2D eigenvalue weighted by atomic mass is 31.2. The highest BCUT2D eigenvalue weighted by Crippen LogP contribution is 2.45. The summed E-state index contributed by atoms with van der Waals surface area (Å²) in [6.45, 7) is 7.35. The van der Waals surface area contributed by atoms with E-state index in [4.69, 9.17) is 37.0 Å². The summed E-state index contributed by atoms with van der Waals surface area (Å²) in [5.74, 6) is -1.29. The van der Waals surface area contributed by atoms with Gasteiger partial charge in [-0.05, 0) is 31.6 Å². The number of unbranched alkanes of at least 4 members (excludes halogenated alkanes) is 54. The van der Waals surface area contributed by atoms with Crippen LogP contribution in [0.1, 0.15) is 439 Å². The van der Waals surface area contributed by atoms with Crippen LogP contribution in [0.3, 0.4) is 0 Å². The summed E-state index contributed by atoms with van der Waals surface area (Å²) in [5.41, 5.74) is 0. The Morgan fingerprint density at radius 2 is 0.455 bits per heavy atom. The second-order valence-corrected chi connectivity index (χ2v) is 32.9. The summed E-state index contributed by atoms with van der Waals surface area (Å²) in [5, 5.41) is 10.6. The number of hydrogen-bond donors (Lipinski definition) is 3. The summed E-state index contributed by atoms with van der Waals surface area (Å²) < 4.78 is 68.7. The van der Waals surface area contributed by atoms with E-state index in [1.807, 2.05) is 0 Å². The van der Waals surface area contributed by atoms with Crippen molar-refractivity contribution in [3.05, 3.63) is 0 Å². The van der Waals surface area contributed by atoms with Gasteiger partial charge in [0.1, 0.15) is 19.3 Å². The Morgan fingerprint density at radius 3 is 0.673 bits per heavy atom. The molecule has 0 aromatic rings. The van der Waals surface area contributed by atoms with Crippen LogP contribution in [0.2, 0.25) is 0 Å². The molecule has 17 nitrogen and oxygen atoms in total. The maximum Gasteiger partial charge on any atom is 0.472 e. The zero-order valence-electron chi connectivity index (χ0n) is 66.1. The van der Waals surface area contributed by atoms with Gasteiger partial charge >= 0.3 is 39.5 Å². The summed E-state index contributed by atoms with van der Waals surface area (Å²) in [6.07, 6.45) is 66.7. The highest BCUT2D eigenvalue weighted by Gasteiger charge is 2.30. The van der Waals surface area contributed by atoms with Crippen molar-refractivity contribution < 1.29 is 80.2 Å². The van der Waals surface area contributed by atoms with Gasteiger partial charge in [-0.2, -0.15) is 0 Å². The van der Waals surface area contributed by atoms with Crippen molar-refractivity contribution in [1.29, 1.82) is 0 Å². The van der Waals surface area contributed by atoms with Crippen molar-refractivity contribution in [3.63, 3.8) is 0 Å².